The van der Waals surface area contributed by atoms with Crippen molar-refractivity contribution in [3.05, 3.63) is 30.1 Å². The second-order valence-electron chi connectivity index (χ2n) is 3.45. The molecule has 0 radical (unpaired) electrons. The van der Waals surface area contributed by atoms with Gasteiger partial charge in [-0.3, -0.25) is 0 Å². The van der Waals surface area contributed by atoms with E-state index in [1.807, 2.05) is 0 Å². The molecular formula is C10H12FNOS2. The van der Waals surface area contributed by atoms with Crippen molar-refractivity contribution >= 4 is 22.6 Å². The zero-order valence-corrected chi connectivity index (χ0v) is 9.81. The maximum Gasteiger partial charge on any atom is 0.123 e. The lowest BCUT2D eigenvalue weighted by molar-refractivity contribution is 0.217. The normalized spacial score (nSPS) is 21.9. The van der Waals surface area contributed by atoms with Crippen LogP contribution in [0.3, 0.4) is 0 Å². The van der Waals surface area contributed by atoms with Crippen molar-refractivity contribution in [1.82, 2.24) is 4.31 Å². The summed E-state index contributed by atoms with van der Waals surface area (Å²) in [6.07, 6.45) is 1.18. The molecule has 1 saturated heterocycles. The third-order valence-electron chi connectivity index (χ3n) is 2.34. The summed E-state index contributed by atoms with van der Waals surface area (Å²) in [7, 11) is 1.44. The molecule has 1 aliphatic rings. The molecule has 2 rings (SSSR count). The van der Waals surface area contributed by atoms with E-state index in [0.29, 0.717) is 0 Å². The standard InChI is InChI=1S/C10H12FNOS2/c11-8-1-3-9(4-2-8)13-10-5-6-12(7-10)15-14/h1-4,10,14H,5-7H2. The van der Waals surface area contributed by atoms with Gasteiger partial charge in [-0.25, -0.2) is 8.70 Å². The molecule has 1 unspecified atom stereocenters. The van der Waals surface area contributed by atoms with E-state index in [1.165, 1.54) is 23.1 Å². The maximum absolute atomic E-state index is 12.6. The minimum atomic E-state index is -0.235. The fourth-order valence-electron chi connectivity index (χ4n) is 1.57. The molecule has 1 fully saturated rings. The Kier molecular flexibility index (Phi) is 3.77. The van der Waals surface area contributed by atoms with E-state index in [-0.39, 0.29) is 11.9 Å². The highest BCUT2D eigenvalue weighted by Gasteiger charge is 2.23. The van der Waals surface area contributed by atoms with Gasteiger partial charge >= 0.3 is 0 Å². The van der Waals surface area contributed by atoms with Gasteiger partial charge in [0.15, 0.2) is 0 Å². The van der Waals surface area contributed by atoms with Gasteiger partial charge in [-0.1, -0.05) is 11.7 Å². The predicted molar refractivity (Wildman–Crippen MR) is 63.6 cm³/mol. The summed E-state index contributed by atoms with van der Waals surface area (Å²) in [6.45, 7) is 1.85. The number of hydrogen-bond donors (Lipinski definition) is 1. The molecule has 0 spiro atoms. The molecule has 0 saturated carbocycles. The van der Waals surface area contributed by atoms with Gasteiger partial charge in [0, 0.05) is 13.1 Å². The van der Waals surface area contributed by atoms with Crippen molar-refractivity contribution in [1.29, 1.82) is 0 Å². The molecule has 82 valence electrons. The second-order valence-corrected chi connectivity index (χ2v) is 4.62. The molecule has 0 bridgehead atoms. The first-order valence-corrected chi connectivity index (χ1v) is 6.59. The molecule has 0 aliphatic carbocycles. The van der Waals surface area contributed by atoms with Crippen LogP contribution in [0.25, 0.3) is 0 Å². The van der Waals surface area contributed by atoms with Gasteiger partial charge in [-0.2, -0.15) is 0 Å². The number of rotatable bonds is 3. The Labute approximate surface area is 97.7 Å². The zero-order chi connectivity index (χ0) is 10.7. The number of halogens is 1. The average Bonchev–Trinajstić information content (AvgIpc) is 2.69. The lowest BCUT2D eigenvalue weighted by Crippen LogP contribution is -2.19. The third-order valence-corrected chi connectivity index (χ3v) is 3.60. The summed E-state index contributed by atoms with van der Waals surface area (Å²) in [5.74, 6) is 0.494. The summed E-state index contributed by atoms with van der Waals surface area (Å²) < 4.78 is 20.5. The van der Waals surface area contributed by atoms with Crippen molar-refractivity contribution < 1.29 is 9.13 Å². The minimum Gasteiger partial charge on any atom is -0.489 e. The van der Waals surface area contributed by atoms with E-state index in [4.69, 9.17) is 4.74 Å². The Hall–Kier alpha value is -0.390. The Morgan fingerprint density at radius 3 is 2.73 bits per heavy atom. The van der Waals surface area contributed by atoms with Crippen LogP contribution in [-0.2, 0) is 0 Å². The Morgan fingerprint density at radius 2 is 2.13 bits per heavy atom. The van der Waals surface area contributed by atoms with Crippen LogP contribution in [0, 0.1) is 5.82 Å². The van der Waals surface area contributed by atoms with Crippen LogP contribution in [0.4, 0.5) is 4.39 Å². The number of thiol groups is 1. The third kappa shape index (κ3) is 3.03. The maximum atomic E-state index is 12.6. The van der Waals surface area contributed by atoms with E-state index >= 15 is 0 Å². The van der Waals surface area contributed by atoms with Crippen molar-refractivity contribution in [3.63, 3.8) is 0 Å². The highest BCUT2D eigenvalue weighted by atomic mass is 33.1. The Morgan fingerprint density at radius 1 is 1.40 bits per heavy atom. The van der Waals surface area contributed by atoms with E-state index < -0.39 is 0 Å². The Balaban J connectivity index is 1.90. The fourth-order valence-corrected chi connectivity index (χ4v) is 2.44. The van der Waals surface area contributed by atoms with Crippen LogP contribution < -0.4 is 4.74 Å². The molecular weight excluding hydrogens is 233 g/mol. The van der Waals surface area contributed by atoms with Crippen molar-refractivity contribution in [3.8, 4) is 5.75 Å². The van der Waals surface area contributed by atoms with Crippen LogP contribution in [0.5, 0.6) is 5.75 Å². The van der Waals surface area contributed by atoms with E-state index in [9.17, 15) is 4.39 Å². The largest absolute Gasteiger partial charge is 0.489 e. The number of benzene rings is 1. The molecule has 0 N–H and O–H groups in total. The first kappa shape index (κ1) is 11.1. The first-order valence-electron chi connectivity index (χ1n) is 4.76. The van der Waals surface area contributed by atoms with Gasteiger partial charge < -0.3 is 4.74 Å². The van der Waals surface area contributed by atoms with Crippen molar-refractivity contribution in [2.75, 3.05) is 13.1 Å². The monoisotopic (exact) mass is 245 g/mol. The smallest absolute Gasteiger partial charge is 0.123 e. The highest BCUT2D eigenvalue weighted by molar-refractivity contribution is 8.67. The summed E-state index contributed by atoms with van der Waals surface area (Å²) in [5, 5.41) is 0. The van der Waals surface area contributed by atoms with Gasteiger partial charge in [-0.15, -0.1) is 0 Å². The van der Waals surface area contributed by atoms with Crippen LogP contribution in [0.1, 0.15) is 6.42 Å². The van der Waals surface area contributed by atoms with E-state index in [1.54, 1.807) is 12.1 Å². The topological polar surface area (TPSA) is 12.5 Å². The lowest BCUT2D eigenvalue weighted by Gasteiger charge is -2.13. The molecule has 0 aromatic heterocycles. The van der Waals surface area contributed by atoms with Gasteiger partial charge in [0.2, 0.25) is 0 Å². The molecule has 1 atom stereocenters. The van der Waals surface area contributed by atoms with Crippen LogP contribution in [0.2, 0.25) is 0 Å². The fraction of sp³-hybridized carbons (Fsp3) is 0.400. The predicted octanol–water partition coefficient (Wildman–Crippen LogP) is 2.77. The number of ether oxygens (including phenoxy) is 1. The van der Waals surface area contributed by atoms with Crippen molar-refractivity contribution in [2.45, 2.75) is 12.5 Å². The van der Waals surface area contributed by atoms with Crippen LogP contribution in [0.15, 0.2) is 24.3 Å². The SMILES string of the molecule is Fc1ccc(OC2CCN(SS)C2)cc1. The van der Waals surface area contributed by atoms with E-state index in [2.05, 4.69) is 16.0 Å². The zero-order valence-electron chi connectivity index (χ0n) is 8.10. The summed E-state index contributed by atoms with van der Waals surface area (Å²) >= 11 is 4.13. The molecule has 2 nitrogen and oxygen atoms in total. The summed E-state index contributed by atoms with van der Waals surface area (Å²) in [6, 6.07) is 6.14. The molecule has 0 amide bonds. The summed E-state index contributed by atoms with van der Waals surface area (Å²) in [4.78, 5) is 0. The minimum absolute atomic E-state index is 0.190. The molecule has 1 aliphatic heterocycles. The average molecular weight is 245 g/mol. The first-order chi connectivity index (χ1) is 7.28. The van der Waals surface area contributed by atoms with Crippen molar-refractivity contribution in [2.24, 2.45) is 0 Å². The summed E-state index contributed by atoms with van der Waals surface area (Å²) in [5.41, 5.74) is 0. The Bertz CT molecular complexity index is 320. The van der Waals surface area contributed by atoms with Crippen LogP contribution >= 0.6 is 22.6 Å². The molecule has 1 aromatic rings. The van der Waals surface area contributed by atoms with Gasteiger partial charge in [0.1, 0.15) is 17.7 Å². The van der Waals surface area contributed by atoms with E-state index in [0.717, 1.165) is 25.3 Å². The highest BCUT2D eigenvalue weighted by Crippen LogP contribution is 2.24. The van der Waals surface area contributed by atoms with Gasteiger partial charge in [-0.05, 0) is 41.7 Å². The molecule has 5 heteroatoms. The molecule has 15 heavy (non-hydrogen) atoms. The number of hydrogen-bond acceptors (Lipinski definition) is 4. The molecule has 1 aromatic carbocycles. The quantitative estimate of drug-likeness (QED) is 0.500. The lowest BCUT2D eigenvalue weighted by atomic mass is 10.3. The van der Waals surface area contributed by atoms with Gasteiger partial charge in [0.05, 0.1) is 0 Å². The molecule has 1 heterocycles. The number of nitrogens with zero attached hydrogens (tertiary/aromatic N) is 1. The second kappa shape index (κ2) is 5.09. The van der Waals surface area contributed by atoms with Gasteiger partial charge in [0.25, 0.3) is 0 Å². The van der Waals surface area contributed by atoms with Crippen LogP contribution in [-0.4, -0.2) is 23.5 Å².